The van der Waals surface area contributed by atoms with Crippen LogP contribution in [0.3, 0.4) is 0 Å². The van der Waals surface area contributed by atoms with Gasteiger partial charge in [-0.2, -0.15) is 12.8 Å². The molecule has 0 bridgehead atoms. The fourth-order valence-electron chi connectivity index (χ4n) is 1.31. The fraction of sp³-hybridized carbons (Fsp3) is 0. The van der Waals surface area contributed by atoms with Crippen molar-refractivity contribution in [3.8, 4) is 0 Å². The zero-order valence-corrected chi connectivity index (χ0v) is 11.5. The van der Waals surface area contributed by atoms with Crippen LogP contribution in [0.2, 0.25) is 4.34 Å². The topological polar surface area (TPSA) is 74.1 Å². The molecule has 0 atom stereocenters. The van der Waals surface area contributed by atoms with Gasteiger partial charge in [0.1, 0.15) is 0 Å². The normalized spacial score (nSPS) is 12.6. The van der Waals surface area contributed by atoms with Crippen LogP contribution in [0, 0.1) is 0 Å². The van der Waals surface area contributed by atoms with Gasteiger partial charge >= 0.3 is 10.0 Å². The summed E-state index contributed by atoms with van der Waals surface area (Å²) in [6, 6.07) is 11.8. The Bertz CT molecular complexity index is 678. The molecule has 94 valence electrons. The van der Waals surface area contributed by atoms with Crippen LogP contribution in [0.25, 0.3) is 0 Å². The minimum absolute atomic E-state index is 0.0834. The maximum atomic E-state index is 12.0. The van der Waals surface area contributed by atoms with Gasteiger partial charge in [0, 0.05) is 0 Å². The van der Waals surface area contributed by atoms with Crippen LogP contribution >= 0.6 is 22.9 Å². The van der Waals surface area contributed by atoms with Crippen molar-refractivity contribution in [3.05, 3.63) is 52.4 Å². The molecule has 4 nitrogen and oxygen atoms in total. The lowest BCUT2D eigenvalue weighted by Crippen LogP contribution is -2.78. The van der Waals surface area contributed by atoms with Crippen molar-refractivity contribution in [2.75, 3.05) is 0 Å². The molecule has 1 aromatic heterocycles. The average Bonchev–Trinajstić information content (AvgIpc) is 2.77. The number of halogens is 1. The summed E-state index contributed by atoms with van der Waals surface area (Å²) in [5, 5.41) is 0. The molecule has 0 radical (unpaired) electrons. The van der Waals surface area contributed by atoms with Crippen molar-refractivity contribution in [1.29, 1.82) is 0 Å². The minimum atomic E-state index is -3.66. The van der Waals surface area contributed by atoms with Crippen molar-refractivity contribution in [2.45, 2.75) is 4.21 Å². The third-order valence-electron chi connectivity index (χ3n) is 2.14. The number of amidine groups is 1. The summed E-state index contributed by atoms with van der Waals surface area (Å²) in [4.78, 5) is 0. The molecular formula is C11H10ClN2O2S2+. The van der Waals surface area contributed by atoms with E-state index in [4.69, 9.17) is 17.3 Å². The highest BCUT2D eigenvalue weighted by molar-refractivity contribution is 7.87. The van der Waals surface area contributed by atoms with Gasteiger partial charge in [0.15, 0.2) is 4.21 Å². The summed E-state index contributed by atoms with van der Waals surface area (Å²) in [6.07, 6.45) is 0. The second-order valence-corrected chi connectivity index (χ2v) is 7.07. The Balaban J connectivity index is 2.39. The molecule has 0 spiro atoms. The molecule has 2 aromatic rings. The average molecular weight is 302 g/mol. The number of hydrogen-bond acceptors (Lipinski definition) is 3. The van der Waals surface area contributed by atoms with Gasteiger partial charge in [0.05, 0.1) is 9.90 Å². The van der Waals surface area contributed by atoms with Crippen molar-refractivity contribution in [2.24, 2.45) is 5.73 Å². The Labute approximate surface area is 114 Å². The second kappa shape index (κ2) is 5.09. The number of nitrogen functional groups attached to an aromatic ring is 1. The molecule has 0 aliphatic rings. The number of nitrogens with two attached hydrogens (primary N) is 1. The molecule has 0 unspecified atom stereocenters. The first kappa shape index (κ1) is 13.1. The van der Waals surface area contributed by atoms with Crippen LogP contribution in [-0.4, -0.2) is 14.3 Å². The lowest BCUT2D eigenvalue weighted by molar-refractivity contribution is -0.267. The van der Waals surface area contributed by atoms with Gasteiger partial charge in [-0.3, -0.25) is 5.73 Å². The number of nitrogens with one attached hydrogen (secondary N) is 1. The van der Waals surface area contributed by atoms with Gasteiger partial charge < -0.3 is 0 Å². The van der Waals surface area contributed by atoms with Crippen molar-refractivity contribution < 1.29 is 12.8 Å². The van der Waals surface area contributed by atoms with Gasteiger partial charge in [0.2, 0.25) is 0 Å². The predicted molar refractivity (Wildman–Crippen MR) is 72.2 cm³/mol. The number of thiophene rings is 1. The van der Waals surface area contributed by atoms with E-state index in [0.717, 1.165) is 11.3 Å². The van der Waals surface area contributed by atoms with Gasteiger partial charge in [-0.15, -0.1) is 11.3 Å². The molecule has 0 amide bonds. The molecule has 0 aliphatic carbocycles. The molecule has 1 heterocycles. The Hall–Kier alpha value is -1.37. The highest BCUT2D eigenvalue weighted by atomic mass is 35.5. The third kappa shape index (κ3) is 2.90. The van der Waals surface area contributed by atoms with Crippen molar-refractivity contribution in [3.63, 3.8) is 0 Å². The molecule has 7 heteroatoms. The first-order valence-electron chi connectivity index (χ1n) is 4.95. The highest BCUT2D eigenvalue weighted by Crippen LogP contribution is 2.23. The number of hydrogen-bond donors (Lipinski definition) is 2. The Morgan fingerprint density at radius 3 is 2.39 bits per heavy atom. The van der Waals surface area contributed by atoms with E-state index < -0.39 is 10.0 Å². The molecule has 3 N–H and O–H groups in total. The Morgan fingerprint density at radius 1 is 1.17 bits per heavy atom. The Morgan fingerprint density at radius 2 is 1.83 bits per heavy atom. The quantitative estimate of drug-likeness (QED) is 0.643. The van der Waals surface area contributed by atoms with Gasteiger partial charge in [-0.25, -0.2) is 0 Å². The van der Waals surface area contributed by atoms with Gasteiger partial charge in [-0.05, 0) is 24.3 Å². The molecule has 18 heavy (non-hydrogen) atoms. The molecule has 0 saturated carbocycles. The van der Waals surface area contributed by atoms with Crippen molar-refractivity contribution >= 4 is 38.8 Å². The third-order valence-corrected chi connectivity index (χ3v) is 5.23. The van der Waals surface area contributed by atoms with E-state index in [9.17, 15) is 8.42 Å². The van der Waals surface area contributed by atoms with E-state index in [1.807, 2.05) is 6.07 Å². The summed E-state index contributed by atoms with van der Waals surface area (Å²) in [7, 11) is -3.66. The zero-order valence-electron chi connectivity index (χ0n) is 9.13. The molecular weight excluding hydrogens is 292 g/mol. The van der Waals surface area contributed by atoms with Crippen LogP contribution in [0.5, 0.6) is 0 Å². The lowest BCUT2D eigenvalue weighted by atomic mass is 10.2. The smallest absolute Gasteiger partial charge is 0.286 e. The predicted octanol–water partition coefficient (Wildman–Crippen LogP) is 0.576. The van der Waals surface area contributed by atoms with E-state index in [-0.39, 0.29) is 10.0 Å². The maximum Gasteiger partial charge on any atom is 0.338 e. The van der Waals surface area contributed by atoms with Crippen LogP contribution < -0.4 is 10.1 Å². The summed E-state index contributed by atoms with van der Waals surface area (Å²) < 4.78 is 26.8. The first-order chi connectivity index (χ1) is 8.49. The maximum absolute atomic E-state index is 12.0. The lowest BCUT2D eigenvalue weighted by Gasteiger charge is -1.95. The fourth-order valence-corrected chi connectivity index (χ4v) is 3.82. The summed E-state index contributed by atoms with van der Waals surface area (Å²) in [6.45, 7) is 0. The minimum Gasteiger partial charge on any atom is -0.286 e. The number of sulfonamides is 1. The van der Waals surface area contributed by atoms with E-state index in [1.165, 1.54) is 12.1 Å². The molecule has 1 aromatic carbocycles. The SMILES string of the molecule is NC(=[NH+]S(=O)(=O)c1ccc(Cl)s1)c1ccccc1. The van der Waals surface area contributed by atoms with Crippen molar-refractivity contribution in [1.82, 2.24) is 0 Å². The van der Waals surface area contributed by atoms with Crippen LogP contribution in [-0.2, 0) is 10.0 Å². The van der Waals surface area contributed by atoms with E-state index >= 15 is 0 Å². The van der Waals surface area contributed by atoms with E-state index in [1.54, 1.807) is 24.3 Å². The van der Waals surface area contributed by atoms with E-state index in [2.05, 4.69) is 4.40 Å². The summed E-state index contributed by atoms with van der Waals surface area (Å²) in [5.74, 6) is 0.0834. The zero-order chi connectivity index (χ0) is 13.2. The molecule has 2 rings (SSSR count). The number of benzene rings is 1. The standard InChI is InChI=1S/C11H9ClN2O2S2/c12-9-6-7-10(17-9)18(15,16)14-11(13)8-4-2-1-3-5-8/h1-7H,(H2,13,14)/p+1. The van der Waals surface area contributed by atoms with Crippen LogP contribution in [0.15, 0.2) is 46.7 Å². The monoisotopic (exact) mass is 301 g/mol. The van der Waals surface area contributed by atoms with E-state index in [0.29, 0.717) is 9.90 Å². The largest absolute Gasteiger partial charge is 0.338 e. The van der Waals surface area contributed by atoms with Crippen LogP contribution in [0.1, 0.15) is 5.56 Å². The molecule has 0 saturated heterocycles. The molecule has 0 aliphatic heterocycles. The van der Waals surface area contributed by atoms with Crippen LogP contribution in [0.4, 0.5) is 0 Å². The first-order valence-corrected chi connectivity index (χ1v) is 7.63. The molecule has 0 fully saturated rings. The Kier molecular flexibility index (Phi) is 3.70. The second-order valence-electron chi connectivity index (χ2n) is 3.44. The summed E-state index contributed by atoms with van der Waals surface area (Å²) in [5.41, 5.74) is 6.34. The van der Waals surface area contributed by atoms with Gasteiger partial charge in [-0.1, -0.05) is 29.8 Å². The highest BCUT2D eigenvalue weighted by Gasteiger charge is 2.19. The number of rotatable bonds is 3. The van der Waals surface area contributed by atoms with Gasteiger partial charge in [0.25, 0.3) is 5.84 Å². The summed E-state index contributed by atoms with van der Waals surface area (Å²) >= 11 is 6.69.